The van der Waals surface area contributed by atoms with E-state index >= 15 is 0 Å². The largest absolute Gasteiger partial charge is 0.495 e. The van der Waals surface area contributed by atoms with E-state index in [0.29, 0.717) is 0 Å². The van der Waals surface area contributed by atoms with Crippen molar-refractivity contribution in [3.63, 3.8) is 0 Å². The van der Waals surface area contributed by atoms with Crippen LogP contribution in [0.1, 0.15) is 15.9 Å². The molecule has 0 bridgehead atoms. The summed E-state index contributed by atoms with van der Waals surface area (Å²) in [6.07, 6.45) is 1.98. The minimum atomic E-state index is -3.86. The number of amides is 1. The Morgan fingerprint density at radius 3 is 2.50 bits per heavy atom. The number of ether oxygens (including phenoxy) is 2. The van der Waals surface area contributed by atoms with Gasteiger partial charge in [-0.3, -0.25) is 4.79 Å². The van der Waals surface area contributed by atoms with Crippen LogP contribution in [0.4, 0.5) is 0 Å². The van der Waals surface area contributed by atoms with E-state index in [-0.39, 0.29) is 22.6 Å². The van der Waals surface area contributed by atoms with Crippen LogP contribution in [0.15, 0.2) is 53.6 Å². The number of nitrogens with zero attached hydrogens (tertiary/aromatic N) is 1. The quantitative estimate of drug-likeness (QED) is 0.497. The van der Waals surface area contributed by atoms with E-state index < -0.39 is 27.9 Å². The Morgan fingerprint density at radius 1 is 1.12 bits per heavy atom. The Kier molecular flexibility index (Phi) is 6.85. The van der Waals surface area contributed by atoms with E-state index in [2.05, 4.69) is 10.3 Å². The van der Waals surface area contributed by atoms with Crippen molar-refractivity contribution in [1.29, 1.82) is 0 Å². The molecule has 0 saturated heterocycles. The van der Waals surface area contributed by atoms with E-state index in [1.165, 1.54) is 46.5 Å². The number of benzene rings is 2. The van der Waals surface area contributed by atoms with Crippen molar-refractivity contribution in [2.45, 2.75) is 17.4 Å². The Bertz CT molecular complexity index is 1250. The van der Waals surface area contributed by atoms with E-state index in [0.717, 1.165) is 20.8 Å². The molecule has 0 fully saturated rings. The number of para-hydroxylation sites is 1. The van der Waals surface area contributed by atoms with Gasteiger partial charge in [0.05, 0.1) is 14.2 Å². The normalized spacial score (nSPS) is 12.5. The third-order valence-electron chi connectivity index (χ3n) is 5.07. The Morgan fingerprint density at radius 2 is 1.84 bits per heavy atom. The first-order chi connectivity index (χ1) is 15.2. The molecule has 1 atom stereocenters. The van der Waals surface area contributed by atoms with Crippen molar-refractivity contribution < 1.29 is 27.5 Å². The highest BCUT2D eigenvalue weighted by Gasteiger charge is 2.27. The monoisotopic (exact) mass is 459 g/mol. The molecule has 2 N–H and O–H groups in total. The number of sulfonamides is 1. The van der Waals surface area contributed by atoms with Gasteiger partial charge in [-0.15, -0.1) is 0 Å². The van der Waals surface area contributed by atoms with Crippen LogP contribution < -0.4 is 10.1 Å². The third-order valence-corrected chi connectivity index (χ3v) is 6.91. The van der Waals surface area contributed by atoms with Gasteiger partial charge in [0.15, 0.2) is 0 Å². The van der Waals surface area contributed by atoms with Crippen molar-refractivity contribution in [2.24, 2.45) is 0 Å². The number of aromatic amines is 1. The predicted molar refractivity (Wildman–Crippen MR) is 119 cm³/mol. The zero-order valence-corrected chi connectivity index (χ0v) is 19.0. The number of H-pyrrole nitrogens is 1. The fraction of sp³-hybridized carbons (Fsp3) is 0.273. The Hall–Kier alpha value is -3.37. The number of hydrogen-bond donors (Lipinski definition) is 2. The van der Waals surface area contributed by atoms with Crippen LogP contribution in [-0.2, 0) is 26.0 Å². The minimum Gasteiger partial charge on any atom is -0.495 e. The molecule has 0 radical (unpaired) electrons. The maximum absolute atomic E-state index is 12.9. The van der Waals surface area contributed by atoms with Crippen molar-refractivity contribution in [1.82, 2.24) is 14.6 Å². The second-order valence-electron chi connectivity index (χ2n) is 7.27. The van der Waals surface area contributed by atoms with Gasteiger partial charge in [-0.25, -0.2) is 17.5 Å². The number of fused-ring (bicyclic) bond motifs is 1. The molecule has 170 valence electrons. The fourth-order valence-electron chi connectivity index (χ4n) is 3.31. The van der Waals surface area contributed by atoms with Gasteiger partial charge in [0, 0.05) is 43.2 Å². The number of carbonyl (C=O) groups excluding carboxylic acids is 2. The molecule has 2 aromatic carbocycles. The summed E-state index contributed by atoms with van der Waals surface area (Å²) in [6, 6.07) is 10.7. The summed E-state index contributed by atoms with van der Waals surface area (Å²) in [5.41, 5.74) is 1.81. The molecule has 3 aromatic rings. The molecule has 0 aliphatic carbocycles. The molecule has 0 aliphatic heterocycles. The van der Waals surface area contributed by atoms with Crippen molar-refractivity contribution in [3.05, 3.63) is 59.8 Å². The molecule has 1 heterocycles. The lowest BCUT2D eigenvalue weighted by atomic mass is 10.0. The van der Waals surface area contributed by atoms with Gasteiger partial charge < -0.3 is 19.8 Å². The van der Waals surface area contributed by atoms with Gasteiger partial charge in [-0.05, 0) is 29.8 Å². The molecule has 0 aliphatic rings. The average molecular weight is 460 g/mol. The van der Waals surface area contributed by atoms with Gasteiger partial charge in [-0.2, -0.15) is 0 Å². The highest BCUT2D eigenvalue weighted by atomic mass is 32.2. The van der Waals surface area contributed by atoms with Crippen molar-refractivity contribution in [3.8, 4) is 5.75 Å². The van der Waals surface area contributed by atoms with Gasteiger partial charge in [0.1, 0.15) is 16.7 Å². The molecule has 1 aromatic heterocycles. The summed E-state index contributed by atoms with van der Waals surface area (Å²) in [7, 11) is 1.50. The average Bonchev–Trinajstić information content (AvgIpc) is 3.20. The summed E-state index contributed by atoms with van der Waals surface area (Å²) in [5, 5.41) is 3.59. The number of carbonyl (C=O) groups is 2. The van der Waals surface area contributed by atoms with Gasteiger partial charge in [0.25, 0.3) is 5.91 Å². The summed E-state index contributed by atoms with van der Waals surface area (Å²) in [4.78, 5) is 28.3. The SMILES string of the molecule is COC(=O)[C@@H](Cc1c[nH]c2ccccc12)NC(=O)c1ccc(OC)c(S(=O)(=O)N(C)C)c1. The van der Waals surface area contributed by atoms with Crippen molar-refractivity contribution >= 4 is 32.8 Å². The van der Waals surface area contributed by atoms with Crippen LogP contribution in [0.2, 0.25) is 0 Å². The highest BCUT2D eigenvalue weighted by molar-refractivity contribution is 7.89. The van der Waals surface area contributed by atoms with Crippen LogP contribution >= 0.6 is 0 Å². The molecular formula is C22H25N3O6S. The molecule has 0 saturated carbocycles. The molecule has 3 rings (SSSR count). The topological polar surface area (TPSA) is 118 Å². The van der Waals surface area contributed by atoms with Crippen LogP contribution in [0.5, 0.6) is 5.75 Å². The highest BCUT2D eigenvalue weighted by Crippen LogP contribution is 2.27. The van der Waals surface area contributed by atoms with E-state index in [4.69, 9.17) is 9.47 Å². The van der Waals surface area contributed by atoms with Gasteiger partial charge in [0.2, 0.25) is 10.0 Å². The molecule has 32 heavy (non-hydrogen) atoms. The molecule has 9 nitrogen and oxygen atoms in total. The smallest absolute Gasteiger partial charge is 0.328 e. The first-order valence-corrected chi connectivity index (χ1v) is 11.2. The lowest BCUT2D eigenvalue weighted by molar-refractivity contribution is -0.142. The standard InChI is InChI=1S/C22H25N3O6S/c1-25(2)32(28,29)20-12-14(9-10-19(20)30-3)21(26)24-18(22(27)31-4)11-15-13-23-17-8-6-5-7-16(15)17/h5-10,12-13,18,23H,11H2,1-4H3,(H,24,26)/t18-/m1/s1. The lowest BCUT2D eigenvalue weighted by Gasteiger charge is -2.18. The molecular weight excluding hydrogens is 434 g/mol. The van der Waals surface area contributed by atoms with E-state index in [1.54, 1.807) is 6.20 Å². The van der Waals surface area contributed by atoms with Crippen LogP contribution in [-0.4, -0.2) is 63.9 Å². The Labute approximate surface area is 186 Å². The zero-order valence-electron chi connectivity index (χ0n) is 18.2. The van der Waals surface area contributed by atoms with Crippen LogP contribution in [0, 0.1) is 0 Å². The summed E-state index contributed by atoms with van der Waals surface area (Å²) in [5.74, 6) is -1.12. The summed E-state index contributed by atoms with van der Waals surface area (Å²) < 4.78 is 36.3. The van der Waals surface area contributed by atoms with Gasteiger partial charge in [-0.1, -0.05) is 18.2 Å². The third kappa shape index (κ3) is 4.61. The van der Waals surface area contributed by atoms with E-state index in [1.807, 2.05) is 24.3 Å². The maximum atomic E-state index is 12.9. The minimum absolute atomic E-state index is 0.0686. The maximum Gasteiger partial charge on any atom is 0.328 e. The number of hydrogen-bond acceptors (Lipinski definition) is 6. The Balaban J connectivity index is 1.91. The predicted octanol–water partition coefficient (Wildman–Crippen LogP) is 1.94. The second-order valence-corrected chi connectivity index (χ2v) is 9.39. The number of aromatic nitrogens is 1. The molecule has 0 spiro atoms. The van der Waals surface area contributed by atoms with Crippen molar-refractivity contribution in [2.75, 3.05) is 28.3 Å². The summed E-state index contributed by atoms with van der Waals surface area (Å²) >= 11 is 0. The number of nitrogens with one attached hydrogen (secondary N) is 2. The molecule has 10 heteroatoms. The first kappa shape index (κ1) is 23.3. The zero-order chi connectivity index (χ0) is 23.5. The first-order valence-electron chi connectivity index (χ1n) is 9.73. The van der Waals surface area contributed by atoms with Crippen LogP contribution in [0.3, 0.4) is 0 Å². The molecule has 1 amide bonds. The fourth-order valence-corrected chi connectivity index (χ4v) is 4.39. The lowest BCUT2D eigenvalue weighted by Crippen LogP contribution is -2.43. The number of methoxy groups -OCH3 is 2. The second kappa shape index (κ2) is 9.41. The van der Waals surface area contributed by atoms with Crippen LogP contribution in [0.25, 0.3) is 10.9 Å². The number of esters is 1. The van der Waals surface area contributed by atoms with Gasteiger partial charge >= 0.3 is 5.97 Å². The summed E-state index contributed by atoms with van der Waals surface area (Å²) in [6.45, 7) is 0. The molecule has 0 unspecified atom stereocenters. The van der Waals surface area contributed by atoms with E-state index in [9.17, 15) is 18.0 Å². The number of rotatable bonds is 8.